The van der Waals surface area contributed by atoms with E-state index in [2.05, 4.69) is 20.3 Å². The fourth-order valence-electron chi connectivity index (χ4n) is 5.52. The fraction of sp³-hybridized carbons (Fsp3) is 0.333. The number of para-hydroxylation sites is 2. The van der Waals surface area contributed by atoms with Gasteiger partial charge >= 0.3 is 0 Å². The van der Waals surface area contributed by atoms with Crippen LogP contribution in [0.1, 0.15) is 22.7 Å². The molecule has 3 aromatic carbocycles. The van der Waals surface area contributed by atoms with Gasteiger partial charge in [0, 0.05) is 44.2 Å². The lowest BCUT2D eigenvalue weighted by Gasteiger charge is -2.38. The molecule has 0 bridgehead atoms. The smallest absolute Gasteiger partial charge is 0.245 e. The van der Waals surface area contributed by atoms with E-state index in [1.54, 1.807) is 23.1 Å². The second kappa shape index (κ2) is 12.5. The number of hydrogen-bond donors (Lipinski definition) is 3. The van der Waals surface area contributed by atoms with Crippen molar-refractivity contribution in [3.8, 4) is 0 Å². The van der Waals surface area contributed by atoms with E-state index in [1.165, 1.54) is 0 Å². The van der Waals surface area contributed by atoms with Gasteiger partial charge in [0.2, 0.25) is 21.8 Å². The van der Waals surface area contributed by atoms with E-state index in [9.17, 15) is 18.0 Å². The van der Waals surface area contributed by atoms with Gasteiger partial charge in [-0.25, -0.2) is 8.42 Å². The summed E-state index contributed by atoms with van der Waals surface area (Å²) >= 11 is 6.23. The van der Waals surface area contributed by atoms with E-state index in [0.717, 1.165) is 35.1 Å². The molecule has 2 amide bonds. The quantitative estimate of drug-likeness (QED) is 0.369. The van der Waals surface area contributed by atoms with Crippen LogP contribution in [0.5, 0.6) is 0 Å². The van der Waals surface area contributed by atoms with Crippen LogP contribution in [-0.2, 0) is 32.5 Å². The van der Waals surface area contributed by atoms with Crippen LogP contribution < -0.4 is 20.3 Å². The summed E-state index contributed by atoms with van der Waals surface area (Å²) in [6, 6.07) is 21.1. The molecule has 0 aliphatic carbocycles. The minimum absolute atomic E-state index is 0.162. The van der Waals surface area contributed by atoms with Crippen LogP contribution >= 0.6 is 11.6 Å². The summed E-state index contributed by atoms with van der Waals surface area (Å²) in [5.41, 5.74) is 4.18. The van der Waals surface area contributed by atoms with Gasteiger partial charge in [-0.2, -0.15) is 0 Å². The maximum absolute atomic E-state index is 13.9. The highest BCUT2D eigenvalue weighted by Crippen LogP contribution is 2.28. The predicted octanol–water partition coefficient (Wildman–Crippen LogP) is 2.97. The Morgan fingerprint density at radius 3 is 2.49 bits per heavy atom. The van der Waals surface area contributed by atoms with E-state index in [0.29, 0.717) is 49.9 Å². The molecule has 9 nitrogen and oxygen atoms in total. The molecule has 0 aromatic heterocycles. The minimum Gasteiger partial charge on any atom is -0.366 e. The third-order valence-corrected chi connectivity index (χ3v) is 8.27. The topological polar surface area (TPSA) is 111 Å². The second-order valence-electron chi connectivity index (χ2n) is 10.4. The Balaban J connectivity index is 1.32. The highest BCUT2D eigenvalue weighted by Gasteiger charge is 2.33. The van der Waals surface area contributed by atoms with Crippen LogP contribution in [0.15, 0.2) is 72.8 Å². The Bertz CT molecular complexity index is 1520. The Kier molecular flexibility index (Phi) is 8.82. The zero-order valence-electron chi connectivity index (χ0n) is 22.8. The molecule has 2 aliphatic rings. The van der Waals surface area contributed by atoms with Gasteiger partial charge in [0.1, 0.15) is 12.1 Å². The number of fused-ring (bicyclic) bond motifs is 1. The van der Waals surface area contributed by atoms with Gasteiger partial charge in [0.25, 0.3) is 0 Å². The van der Waals surface area contributed by atoms with Crippen molar-refractivity contribution in [1.82, 2.24) is 15.5 Å². The molecule has 41 heavy (non-hydrogen) atoms. The SMILES string of the molecule is CS(=O)(=O)Nc1ccccc1N1CCN(C(=O)[C@@H](Cc2cccc(Cl)c2)NC(=O)C2NCCc3ccccc32)CC1. The molecule has 3 N–H and O–H groups in total. The number of hydrogen-bond acceptors (Lipinski definition) is 6. The number of nitrogens with one attached hydrogen (secondary N) is 3. The molecule has 2 atom stereocenters. The lowest BCUT2D eigenvalue weighted by Crippen LogP contribution is -2.57. The van der Waals surface area contributed by atoms with E-state index in [-0.39, 0.29) is 11.8 Å². The predicted molar refractivity (Wildman–Crippen MR) is 162 cm³/mol. The van der Waals surface area contributed by atoms with Crippen LogP contribution in [0.4, 0.5) is 11.4 Å². The van der Waals surface area contributed by atoms with Crippen molar-refractivity contribution in [3.05, 3.63) is 94.5 Å². The van der Waals surface area contributed by atoms with Gasteiger partial charge in [0.05, 0.1) is 17.6 Å². The van der Waals surface area contributed by atoms with Crippen molar-refractivity contribution in [2.75, 3.05) is 48.6 Å². The molecule has 1 unspecified atom stereocenters. The molecule has 5 rings (SSSR count). The standard InChI is InChI=1S/C30H34ClN5O4S/c1-41(39,40)34-25-11-4-5-12-27(25)35-15-17-36(18-16-35)30(38)26(20-21-7-6-9-23(31)19-21)33-29(37)28-24-10-3-2-8-22(24)13-14-32-28/h2-12,19,26,28,32,34H,13-18,20H2,1H3,(H,33,37)/t26-,28?/m1/s1. The molecular formula is C30H34ClN5O4S. The summed E-state index contributed by atoms with van der Waals surface area (Å²) in [5, 5.41) is 6.92. The number of carbonyl (C=O) groups is 2. The number of amides is 2. The van der Waals surface area contributed by atoms with E-state index in [1.807, 2.05) is 54.6 Å². The van der Waals surface area contributed by atoms with Crippen molar-refractivity contribution < 1.29 is 18.0 Å². The number of nitrogens with zero attached hydrogens (tertiary/aromatic N) is 2. The molecular weight excluding hydrogens is 562 g/mol. The minimum atomic E-state index is -3.44. The number of anilines is 2. The second-order valence-corrected chi connectivity index (χ2v) is 12.6. The molecule has 11 heteroatoms. The van der Waals surface area contributed by atoms with E-state index < -0.39 is 22.1 Å². The lowest BCUT2D eigenvalue weighted by molar-refractivity contribution is -0.137. The van der Waals surface area contributed by atoms with Gasteiger partial charge in [0.15, 0.2) is 0 Å². The Morgan fingerprint density at radius 2 is 1.73 bits per heavy atom. The summed E-state index contributed by atoms with van der Waals surface area (Å²) < 4.78 is 26.3. The van der Waals surface area contributed by atoms with Crippen LogP contribution in [0.2, 0.25) is 5.02 Å². The molecule has 2 aliphatic heterocycles. The maximum Gasteiger partial charge on any atom is 0.245 e. The first kappa shape index (κ1) is 28.9. The van der Waals surface area contributed by atoms with Crippen LogP contribution in [0, 0.1) is 0 Å². The number of benzene rings is 3. The largest absolute Gasteiger partial charge is 0.366 e. The number of rotatable bonds is 8. The molecule has 1 saturated heterocycles. The van der Waals surface area contributed by atoms with Gasteiger partial charge in [-0.1, -0.05) is 60.1 Å². The number of sulfonamides is 1. The molecule has 0 saturated carbocycles. The van der Waals surface area contributed by atoms with Gasteiger partial charge in [-0.15, -0.1) is 0 Å². The van der Waals surface area contributed by atoms with Crippen molar-refractivity contribution in [2.45, 2.75) is 24.9 Å². The Morgan fingerprint density at radius 1 is 1.00 bits per heavy atom. The monoisotopic (exact) mass is 595 g/mol. The van der Waals surface area contributed by atoms with Crippen molar-refractivity contribution in [1.29, 1.82) is 0 Å². The highest BCUT2D eigenvalue weighted by molar-refractivity contribution is 7.92. The summed E-state index contributed by atoms with van der Waals surface area (Å²) in [5.74, 6) is -0.401. The molecule has 0 spiro atoms. The van der Waals surface area contributed by atoms with Crippen LogP contribution in [-0.4, -0.2) is 70.2 Å². The highest BCUT2D eigenvalue weighted by atomic mass is 35.5. The Labute approximate surface area is 245 Å². The molecule has 216 valence electrons. The average Bonchev–Trinajstić information content (AvgIpc) is 2.96. The maximum atomic E-state index is 13.9. The van der Waals surface area contributed by atoms with Crippen LogP contribution in [0.25, 0.3) is 0 Å². The van der Waals surface area contributed by atoms with Crippen molar-refractivity contribution >= 4 is 44.8 Å². The first-order chi connectivity index (χ1) is 19.7. The van der Waals surface area contributed by atoms with E-state index in [4.69, 9.17) is 11.6 Å². The average molecular weight is 596 g/mol. The van der Waals surface area contributed by atoms with Gasteiger partial charge in [-0.05, 0) is 47.4 Å². The molecule has 3 aromatic rings. The first-order valence-corrected chi connectivity index (χ1v) is 15.9. The fourth-order valence-corrected chi connectivity index (χ4v) is 6.30. The zero-order valence-corrected chi connectivity index (χ0v) is 24.4. The van der Waals surface area contributed by atoms with Gasteiger partial charge in [-0.3, -0.25) is 14.3 Å². The lowest BCUT2D eigenvalue weighted by atomic mass is 9.93. The van der Waals surface area contributed by atoms with Crippen LogP contribution in [0.3, 0.4) is 0 Å². The zero-order chi connectivity index (χ0) is 29.0. The Hall–Kier alpha value is -3.60. The van der Waals surface area contributed by atoms with Gasteiger partial charge < -0.3 is 20.4 Å². The normalized spacial score (nSPS) is 17.9. The summed E-state index contributed by atoms with van der Waals surface area (Å²) in [4.78, 5) is 31.3. The third-order valence-electron chi connectivity index (χ3n) is 7.45. The summed E-state index contributed by atoms with van der Waals surface area (Å²) in [6.07, 6.45) is 2.27. The van der Waals surface area contributed by atoms with E-state index >= 15 is 0 Å². The number of carbonyl (C=O) groups excluding carboxylic acids is 2. The van der Waals surface area contributed by atoms with Crippen molar-refractivity contribution in [2.24, 2.45) is 0 Å². The molecule has 1 fully saturated rings. The first-order valence-electron chi connectivity index (χ1n) is 13.6. The molecule has 2 heterocycles. The third kappa shape index (κ3) is 7.19. The van der Waals surface area contributed by atoms with Crippen molar-refractivity contribution in [3.63, 3.8) is 0 Å². The number of halogens is 1. The molecule has 0 radical (unpaired) electrons. The number of piperazine rings is 1. The summed E-state index contributed by atoms with van der Waals surface area (Å²) in [7, 11) is -3.44. The summed E-state index contributed by atoms with van der Waals surface area (Å²) in [6.45, 7) is 2.57.